The molecule has 25 heavy (non-hydrogen) atoms. The van der Waals surface area contributed by atoms with Crippen LogP contribution < -0.4 is 0 Å². The minimum atomic E-state index is -2.13. The Morgan fingerprint density at radius 2 is 1.92 bits per heavy atom. The number of amides is 1. The third-order valence-electron chi connectivity index (χ3n) is 6.20. The van der Waals surface area contributed by atoms with Gasteiger partial charge in [0.1, 0.15) is 5.72 Å². The SMILES string of the molecule is CC1(C)OC[C@H]([C@H](O[Si](C)(C)C(C)(C)C)[C@H](CO)C2CC2)N1C(=O)O. The Morgan fingerprint density at radius 1 is 1.36 bits per heavy atom. The van der Waals surface area contributed by atoms with Gasteiger partial charge in [-0.1, -0.05) is 20.8 Å². The highest BCUT2D eigenvalue weighted by Gasteiger charge is 2.53. The zero-order valence-electron chi connectivity index (χ0n) is 16.7. The summed E-state index contributed by atoms with van der Waals surface area (Å²) in [7, 11) is -2.13. The maximum Gasteiger partial charge on any atom is 0.409 e. The van der Waals surface area contributed by atoms with Crippen molar-refractivity contribution >= 4 is 14.4 Å². The van der Waals surface area contributed by atoms with Crippen LogP contribution in [-0.4, -0.2) is 60.6 Å². The van der Waals surface area contributed by atoms with Gasteiger partial charge in [-0.25, -0.2) is 4.79 Å². The third-order valence-corrected chi connectivity index (χ3v) is 10.7. The molecule has 6 nitrogen and oxygen atoms in total. The molecule has 2 rings (SSSR count). The van der Waals surface area contributed by atoms with Gasteiger partial charge in [0.2, 0.25) is 0 Å². The average molecular weight is 374 g/mol. The molecule has 1 saturated carbocycles. The van der Waals surface area contributed by atoms with Gasteiger partial charge in [0.15, 0.2) is 8.32 Å². The van der Waals surface area contributed by atoms with Gasteiger partial charge in [-0.2, -0.15) is 0 Å². The number of carboxylic acid groups (broad SMARTS) is 1. The van der Waals surface area contributed by atoms with E-state index < -0.39 is 20.1 Å². The predicted molar refractivity (Wildman–Crippen MR) is 99.1 cm³/mol. The first-order chi connectivity index (χ1) is 11.3. The molecule has 1 aliphatic heterocycles. The third kappa shape index (κ3) is 4.21. The zero-order valence-corrected chi connectivity index (χ0v) is 17.7. The Balaban J connectivity index is 2.36. The maximum absolute atomic E-state index is 11.9. The Morgan fingerprint density at radius 3 is 2.32 bits per heavy atom. The number of rotatable bonds is 6. The van der Waals surface area contributed by atoms with Crippen molar-refractivity contribution in [3.8, 4) is 0 Å². The molecule has 3 atom stereocenters. The molecule has 7 heteroatoms. The summed E-state index contributed by atoms with van der Waals surface area (Å²) in [6.07, 6.45) is 0.819. The fraction of sp³-hybridized carbons (Fsp3) is 0.944. The van der Waals surface area contributed by atoms with Crippen LogP contribution in [0.15, 0.2) is 0 Å². The molecule has 0 unspecified atom stereocenters. The number of hydrogen-bond acceptors (Lipinski definition) is 4. The molecule has 0 radical (unpaired) electrons. The second-order valence-corrected chi connectivity index (χ2v) is 14.3. The van der Waals surface area contributed by atoms with Crippen molar-refractivity contribution in [3.63, 3.8) is 0 Å². The lowest BCUT2D eigenvalue weighted by Crippen LogP contribution is -2.58. The standard InChI is InChI=1S/C18H35NO5Si/c1-17(2,3)25(6,7)24-15(13(10-20)12-8-9-12)14-11-23-18(4,5)19(14)16(21)22/h12-15,20H,8-11H2,1-7H3,(H,21,22)/t13-,14-,15-/m1/s1. The highest BCUT2D eigenvalue weighted by Crippen LogP contribution is 2.46. The van der Waals surface area contributed by atoms with E-state index in [1.54, 1.807) is 13.8 Å². The van der Waals surface area contributed by atoms with E-state index in [9.17, 15) is 15.0 Å². The van der Waals surface area contributed by atoms with E-state index in [1.165, 1.54) is 4.90 Å². The van der Waals surface area contributed by atoms with Gasteiger partial charge in [-0.3, -0.25) is 4.90 Å². The molecule has 1 saturated heterocycles. The Labute approximate surface area is 152 Å². The molecule has 1 aliphatic carbocycles. The van der Waals surface area contributed by atoms with Crippen LogP contribution in [0, 0.1) is 11.8 Å². The number of ether oxygens (including phenoxy) is 1. The molecule has 2 fully saturated rings. The van der Waals surface area contributed by atoms with E-state index in [-0.39, 0.29) is 29.7 Å². The number of carbonyl (C=O) groups is 1. The summed E-state index contributed by atoms with van der Waals surface area (Å²) in [4.78, 5) is 13.3. The van der Waals surface area contributed by atoms with E-state index in [1.807, 2.05) is 0 Å². The molecule has 0 aromatic rings. The first-order valence-corrected chi connectivity index (χ1v) is 12.2. The Kier molecular flexibility index (Phi) is 5.65. The second kappa shape index (κ2) is 6.83. The van der Waals surface area contributed by atoms with Crippen LogP contribution in [0.5, 0.6) is 0 Å². The summed E-state index contributed by atoms with van der Waals surface area (Å²) in [5, 5.41) is 19.8. The predicted octanol–water partition coefficient (Wildman–Crippen LogP) is 3.51. The van der Waals surface area contributed by atoms with E-state index in [4.69, 9.17) is 9.16 Å². The summed E-state index contributed by atoms with van der Waals surface area (Å²) in [5.74, 6) is 0.373. The molecule has 2 aliphatic rings. The fourth-order valence-corrected chi connectivity index (χ4v) is 4.83. The number of aliphatic hydroxyl groups excluding tert-OH is 1. The van der Waals surface area contributed by atoms with Crippen LogP contribution in [0.2, 0.25) is 18.1 Å². The van der Waals surface area contributed by atoms with Gasteiger partial charge in [-0.15, -0.1) is 0 Å². The van der Waals surface area contributed by atoms with Gasteiger partial charge < -0.3 is 19.4 Å². The number of hydrogen-bond donors (Lipinski definition) is 2. The van der Waals surface area contributed by atoms with E-state index >= 15 is 0 Å². The number of aliphatic hydroxyl groups is 1. The van der Waals surface area contributed by atoms with Crippen molar-refractivity contribution in [2.75, 3.05) is 13.2 Å². The van der Waals surface area contributed by atoms with Crippen LogP contribution in [-0.2, 0) is 9.16 Å². The van der Waals surface area contributed by atoms with Crippen molar-refractivity contribution in [1.29, 1.82) is 0 Å². The van der Waals surface area contributed by atoms with Crippen LogP contribution in [0.1, 0.15) is 47.5 Å². The Hall–Kier alpha value is -0.633. The molecule has 1 heterocycles. The smallest absolute Gasteiger partial charge is 0.409 e. The molecule has 146 valence electrons. The van der Waals surface area contributed by atoms with Gasteiger partial charge in [0, 0.05) is 12.5 Å². The van der Waals surface area contributed by atoms with Crippen LogP contribution in [0.3, 0.4) is 0 Å². The van der Waals surface area contributed by atoms with E-state index in [0.717, 1.165) is 12.8 Å². The van der Waals surface area contributed by atoms with Gasteiger partial charge in [-0.05, 0) is 50.7 Å². The first kappa shape index (κ1) is 20.7. The van der Waals surface area contributed by atoms with Crippen LogP contribution in [0.25, 0.3) is 0 Å². The molecule has 0 spiro atoms. The van der Waals surface area contributed by atoms with Crippen LogP contribution >= 0.6 is 0 Å². The van der Waals surface area contributed by atoms with Crippen molar-refractivity contribution in [1.82, 2.24) is 4.90 Å². The lowest BCUT2D eigenvalue weighted by Gasteiger charge is -2.45. The largest absolute Gasteiger partial charge is 0.465 e. The molecular formula is C18H35NO5Si. The first-order valence-electron chi connectivity index (χ1n) is 9.26. The summed E-state index contributed by atoms with van der Waals surface area (Å²) in [5.41, 5.74) is -0.880. The topological polar surface area (TPSA) is 79.2 Å². The normalized spacial score (nSPS) is 26.6. The monoisotopic (exact) mass is 373 g/mol. The molecule has 0 bridgehead atoms. The lowest BCUT2D eigenvalue weighted by atomic mass is 9.92. The molecule has 0 aromatic carbocycles. The second-order valence-electron chi connectivity index (χ2n) is 9.50. The van der Waals surface area contributed by atoms with Gasteiger partial charge in [0.05, 0.1) is 18.8 Å². The van der Waals surface area contributed by atoms with Gasteiger partial charge in [0.25, 0.3) is 0 Å². The average Bonchev–Trinajstić information content (AvgIpc) is 3.20. The summed E-state index contributed by atoms with van der Waals surface area (Å²) in [6, 6.07) is -0.389. The summed E-state index contributed by atoms with van der Waals surface area (Å²) < 4.78 is 12.5. The van der Waals surface area contributed by atoms with Crippen molar-refractivity contribution in [2.24, 2.45) is 11.8 Å². The minimum absolute atomic E-state index is 0.0117. The minimum Gasteiger partial charge on any atom is -0.465 e. The molecule has 1 amide bonds. The molecule has 0 aromatic heterocycles. The molecular weight excluding hydrogens is 338 g/mol. The van der Waals surface area contributed by atoms with E-state index in [2.05, 4.69) is 33.9 Å². The Bertz CT molecular complexity index is 498. The quantitative estimate of drug-likeness (QED) is 0.697. The van der Waals surface area contributed by atoms with Crippen molar-refractivity contribution in [2.45, 2.75) is 83.5 Å². The van der Waals surface area contributed by atoms with E-state index in [0.29, 0.717) is 12.5 Å². The van der Waals surface area contributed by atoms with Crippen molar-refractivity contribution < 1.29 is 24.2 Å². The summed E-state index contributed by atoms with van der Waals surface area (Å²) in [6.45, 7) is 14.7. The molecule has 2 N–H and O–H groups in total. The van der Waals surface area contributed by atoms with Gasteiger partial charge >= 0.3 is 6.09 Å². The van der Waals surface area contributed by atoms with Crippen molar-refractivity contribution in [3.05, 3.63) is 0 Å². The fourth-order valence-electron chi connectivity index (χ4n) is 3.46. The zero-order chi connectivity index (χ0) is 19.2. The summed E-state index contributed by atoms with van der Waals surface area (Å²) >= 11 is 0. The van der Waals surface area contributed by atoms with Crippen LogP contribution in [0.4, 0.5) is 4.79 Å². The lowest BCUT2D eigenvalue weighted by molar-refractivity contribution is -0.0511. The highest BCUT2D eigenvalue weighted by molar-refractivity contribution is 6.74. The maximum atomic E-state index is 11.9. The highest BCUT2D eigenvalue weighted by atomic mass is 28.4. The number of nitrogens with zero attached hydrogens (tertiary/aromatic N) is 1.